The van der Waals surface area contributed by atoms with Gasteiger partial charge >= 0.3 is 0 Å². The molecular weight excluding hydrogens is 378 g/mol. The van der Waals surface area contributed by atoms with E-state index in [2.05, 4.69) is 44.4 Å². The van der Waals surface area contributed by atoms with Crippen molar-refractivity contribution in [1.82, 2.24) is 20.1 Å². The molecule has 1 fully saturated rings. The summed E-state index contributed by atoms with van der Waals surface area (Å²) in [7, 11) is 0. The smallest absolute Gasteiger partial charge is 0.257 e. The maximum Gasteiger partial charge on any atom is 0.257 e. The van der Waals surface area contributed by atoms with E-state index in [1.807, 2.05) is 30.3 Å². The molecule has 0 amide bonds. The fourth-order valence-electron chi connectivity index (χ4n) is 3.74. The molecule has 7 heteroatoms. The first-order chi connectivity index (χ1) is 14.8. The fourth-order valence-corrected chi connectivity index (χ4v) is 3.74. The summed E-state index contributed by atoms with van der Waals surface area (Å²) in [5.41, 5.74) is 9.60. The average molecular weight is 399 g/mol. The van der Waals surface area contributed by atoms with Gasteiger partial charge in [-0.2, -0.15) is 4.98 Å². The molecule has 0 bridgehead atoms. The van der Waals surface area contributed by atoms with E-state index >= 15 is 0 Å². The van der Waals surface area contributed by atoms with Crippen molar-refractivity contribution in [3.05, 3.63) is 78.4 Å². The van der Waals surface area contributed by atoms with Crippen molar-refractivity contribution in [3.63, 3.8) is 0 Å². The summed E-state index contributed by atoms with van der Waals surface area (Å²) in [5.74, 6) is 1.78. The topological polar surface area (TPSA) is 100.0 Å². The zero-order valence-electron chi connectivity index (χ0n) is 16.3. The van der Waals surface area contributed by atoms with Gasteiger partial charge in [0.1, 0.15) is 0 Å². The molecule has 4 aromatic rings. The highest BCUT2D eigenvalue weighted by Crippen LogP contribution is 2.37. The quantitative estimate of drug-likeness (QED) is 0.542. The minimum absolute atomic E-state index is 0.000793. The van der Waals surface area contributed by atoms with Crippen LogP contribution in [0.5, 0.6) is 0 Å². The lowest BCUT2D eigenvalue weighted by Gasteiger charge is -2.28. The summed E-state index contributed by atoms with van der Waals surface area (Å²) in [4.78, 5) is 12.7. The first-order valence-corrected chi connectivity index (χ1v) is 9.95. The molecule has 1 aliphatic rings. The van der Waals surface area contributed by atoms with Crippen molar-refractivity contribution in [2.75, 3.05) is 12.3 Å². The summed E-state index contributed by atoms with van der Waals surface area (Å²) in [6, 6.07) is 18.1. The van der Waals surface area contributed by atoms with Gasteiger partial charge in [-0.05, 0) is 36.1 Å². The van der Waals surface area contributed by atoms with Crippen LogP contribution in [0.2, 0.25) is 0 Å². The Balaban J connectivity index is 1.31. The Kier molecular flexibility index (Phi) is 4.94. The number of aromatic nitrogens is 4. The largest absolute Gasteiger partial charge is 0.373 e. The van der Waals surface area contributed by atoms with Gasteiger partial charge < -0.3 is 15.0 Å². The highest BCUT2D eigenvalue weighted by atomic mass is 16.5. The fraction of sp³-hybridized carbons (Fsp3) is 0.217. The normalized spacial score (nSPS) is 18.9. The lowest BCUT2D eigenvalue weighted by atomic mass is 9.91. The number of nitrogen functional groups attached to an aromatic ring is 1. The molecule has 0 aliphatic carbocycles. The summed E-state index contributed by atoms with van der Waals surface area (Å²) >= 11 is 0. The molecule has 1 aliphatic heterocycles. The third kappa shape index (κ3) is 3.79. The van der Waals surface area contributed by atoms with Crippen LogP contribution in [0, 0.1) is 0 Å². The second-order valence-electron chi connectivity index (χ2n) is 7.36. The second-order valence-corrected chi connectivity index (χ2v) is 7.36. The SMILES string of the molecule is Nc1ncc(-c2ccc(C3CC(c4noc(-c5ccccc5)n4)CCO3)cc2)cn1. The number of nitrogens with zero attached hydrogens (tertiary/aromatic N) is 4. The Morgan fingerprint density at radius 1 is 0.867 bits per heavy atom. The summed E-state index contributed by atoms with van der Waals surface area (Å²) in [6.07, 6.45) is 5.15. The van der Waals surface area contributed by atoms with Gasteiger partial charge in [-0.3, -0.25) is 0 Å². The van der Waals surface area contributed by atoms with Gasteiger partial charge in [0.15, 0.2) is 5.82 Å². The van der Waals surface area contributed by atoms with Gasteiger partial charge in [0, 0.05) is 36.0 Å². The van der Waals surface area contributed by atoms with Gasteiger partial charge in [0.2, 0.25) is 5.95 Å². The number of rotatable bonds is 4. The Bertz CT molecular complexity index is 1110. The van der Waals surface area contributed by atoms with Crippen molar-refractivity contribution in [3.8, 4) is 22.6 Å². The van der Waals surface area contributed by atoms with Crippen LogP contribution in [0.25, 0.3) is 22.6 Å². The predicted octanol–water partition coefficient (Wildman–Crippen LogP) is 4.41. The molecule has 2 atom stereocenters. The average Bonchev–Trinajstić information content (AvgIpc) is 3.31. The van der Waals surface area contributed by atoms with Crippen LogP contribution in [0.3, 0.4) is 0 Å². The zero-order chi connectivity index (χ0) is 20.3. The standard InChI is InChI=1S/C23H21N5O2/c24-23-25-13-19(14-26-23)15-6-8-16(9-7-15)20-12-18(10-11-29-20)21-27-22(30-28-21)17-4-2-1-3-5-17/h1-9,13-14,18,20H,10-12H2,(H2,24,25,26). The number of ether oxygens (including phenoxy) is 1. The lowest BCUT2D eigenvalue weighted by molar-refractivity contribution is 0.00368. The highest BCUT2D eigenvalue weighted by molar-refractivity contribution is 5.62. The molecule has 2 unspecified atom stereocenters. The zero-order valence-corrected chi connectivity index (χ0v) is 16.3. The Labute approximate surface area is 173 Å². The molecular formula is C23H21N5O2. The van der Waals surface area contributed by atoms with Crippen LogP contribution in [-0.2, 0) is 4.74 Å². The van der Waals surface area contributed by atoms with E-state index in [1.54, 1.807) is 12.4 Å². The molecule has 2 aromatic carbocycles. The number of hydrogen-bond acceptors (Lipinski definition) is 7. The number of nitrogens with two attached hydrogens (primary N) is 1. The molecule has 30 heavy (non-hydrogen) atoms. The van der Waals surface area contributed by atoms with Gasteiger partial charge in [0.25, 0.3) is 5.89 Å². The maximum absolute atomic E-state index is 6.04. The van der Waals surface area contributed by atoms with E-state index in [0.29, 0.717) is 12.5 Å². The summed E-state index contributed by atoms with van der Waals surface area (Å²) < 4.78 is 11.5. The van der Waals surface area contributed by atoms with Crippen LogP contribution < -0.4 is 5.73 Å². The van der Waals surface area contributed by atoms with Crippen molar-refractivity contribution in [2.24, 2.45) is 0 Å². The van der Waals surface area contributed by atoms with Crippen LogP contribution >= 0.6 is 0 Å². The molecule has 3 heterocycles. The van der Waals surface area contributed by atoms with E-state index in [0.717, 1.165) is 40.9 Å². The second kappa shape index (κ2) is 8.04. The summed E-state index contributed by atoms with van der Waals surface area (Å²) in [5, 5.41) is 4.24. The van der Waals surface area contributed by atoms with E-state index in [4.69, 9.17) is 15.0 Å². The maximum atomic E-state index is 6.04. The molecule has 2 N–H and O–H groups in total. The van der Waals surface area contributed by atoms with Crippen LogP contribution in [0.15, 0.2) is 71.5 Å². The van der Waals surface area contributed by atoms with Crippen LogP contribution in [0.4, 0.5) is 5.95 Å². The van der Waals surface area contributed by atoms with E-state index in [-0.39, 0.29) is 18.0 Å². The number of benzene rings is 2. The van der Waals surface area contributed by atoms with Crippen molar-refractivity contribution >= 4 is 5.95 Å². The van der Waals surface area contributed by atoms with E-state index in [1.165, 1.54) is 0 Å². The molecule has 2 aromatic heterocycles. The third-order valence-corrected chi connectivity index (χ3v) is 5.40. The first-order valence-electron chi connectivity index (χ1n) is 9.95. The highest BCUT2D eigenvalue weighted by Gasteiger charge is 2.28. The number of anilines is 1. The summed E-state index contributed by atoms with van der Waals surface area (Å²) in [6.45, 7) is 0.665. The van der Waals surface area contributed by atoms with Crippen LogP contribution in [-0.4, -0.2) is 26.7 Å². The monoisotopic (exact) mass is 399 g/mol. The van der Waals surface area contributed by atoms with Gasteiger partial charge in [-0.1, -0.05) is 47.6 Å². The molecule has 150 valence electrons. The third-order valence-electron chi connectivity index (χ3n) is 5.40. The molecule has 0 radical (unpaired) electrons. The van der Waals surface area contributed by atoms with Crippen molar-refractivity contribution in [2.45, 2.75) is 24.9 Å². The first kappa shape index (κ1) is 18.4. The Morgan fingerprint density at radius 2 is 1.63 bits per heavy atom. The Morgan fingerprint density at radius 3 is 2.40 bits per heavy atom. The minimum atomic E-state index is -0.000793. The van der Waals surface area contributed by atoms with Gasteiger partial charge in [-0.25, -0.2) is 9.97 Å². The minimum Gasteiger partial charge on any atom is -0.373 e. The molecule has 1 saturated heterocycles. The van der Waals surface area contributed by atoms with Crippen LogP contribution in [0.1, 0.15) is 36.3 Å². The molecule has 5 rings (SSSR count). The van der Waals surface area contributed by atoms with Crippen molar-refractivity contribution in [1.29, 1.82) is 0 Å². The molecule has 0 spiro atoms. The van der Waals surface area contributed by atoms with Gasteiger partial charge in [-0.15, -0.1) is 0 Å². The number of hydrogen-bond donors (Lipinski definition) is 1. The van der Waals surface area contributed by atoms with E-state index < -0.39 is 0 Å². The molecule has 7 nitrogen and oxygen atoms in total. The van der Waals surface area contributed by atoms with Gasteiger partial charge in [0.05, 0.1) is 6.10 Å². The van der Waals surface area contributed by atoms with E-state index in [9.17, 15) is 0 Å². The Hall–Kier alpha value is -3.58. The lowest BCUT2D eigenvalue weighted by Crippen LogP contribution is -2.19. The molecule has 0 saturated carbocycles. The predicted molar refractivity (Wildman–Crippen MR) is 112 cm³/mol. The van der Waals surface area contributed by atoms with Crippen molar-refractivity contribution < 1.29 is 9.26 Å².